The highest BCUT2D eigenvalue weighted by molar-refractivity contribution is 5.83. The summed E-state index contributed by atoms with van der Waals surface area (Å²) < 4.78 is 18.3. The largest absolute Gasteiger partial charge is 0.488 e. The van der Waals surface area contributed by atoms with Gasteiger partial charge in [0.2, 0.25) is 0 Å². The molecular formula is C31H44N2O16. The second-order valence-electron chi connectivity index (χ2n) is 12.7. The number of nitrogens with zero attached hydrogens (tertiary/aromatic N) is 2. The lowest BCUT2D eigenvalue weighted by molar-refractivity contribution is -0.165. The Balaban J connectivity index is 0.000000225. The van der Waals surface area contributed by atoms with Crippen LogP contribution in [-0.2, 0) is 35.8 Å². The van der Waals surface area contributed by atoms with Gasteiger partial charge in [-0.25, -0.2) is 19.2 Å². The van der Waals surface area contributed by atoms with Crippen LogP contribution in [0.15, 0.2) is 12.1 Å². The van der Waals surface area contributed by atoms with Gasteiger partial charge in [0.25, 0.3) is 0 Å². The first-order chi connectivity index (χ1) is 23.1. The van der Waals surface area contributed by atoms with Crippen molar-refractivity contribution in [2.75, 3.05) is 53.0 Å². The van der Waals surface area contributed by atoms with Crippen LogP contribution in [0, 0.1) is 5.92 Å². The first-order valence-electron chi connectivity index (χ1n) is 15.9. The molecule has 4 unspecified atom stereocenters. The van der Waals surface area contributed by atoms with E-state index in [1.54, 1.807) is 0 Å². The number of hydrogen-bond donors (Lipinski definition) is 9. The molecule has 1 saturated carbocycles. The number of likely N-dealkylation sites (tertiary alicyclic amines) is 1. The monoisotopic (exact) mass is 700 g/mol. The molecule has 3 fully saturated rings. The number of piperidine rings is 1. The van der Waals surface area contributed by atoms with Crippen molar-refractivity contribution in [1.82, 2.24) is 9.80 Å². The van der Waals surface area contributed by atoms with Crippen LogP contribution in [0.3, 0.4) is 0 Å². The molecule has 0 radical (unpaired) electrons. The third kappa shape index (κ3) is 7.91. The van der Waals surface area contributed by atoms with Crippen molar-refractivity contribution >= 4 is 23.9 Å². The van der Waals surface area contributed by atoms with Gasteiger partial charge in [0.05, 0.1) is 19.3 Å². The molecule has 274 valence electrons. The lowest BCUT2D eigenvalue weighted by Gasteiger charge is -2.58. The van der Waals surface area contributed by atoms with E-state index in [0.717, 1.165) is 76.6 Å². The van der Waals surface area contributed by atoms with Crippen LogP contribution in [0.1, 0.15) is 30.4 Å². The molecule has 49 heavy (non-hydrogen) atoms. The minimum atomic E-state index is -2.27. The van der Waals surface area contributed by atoms with E-state index in [2.05, 4.69) is 29.0 Å². The topological polar surface area (TPSA) is 285 Å². The number of aliphatic carboxylic acids is 4. The molecule has 2 bridgehead atoms. The summed E-state index contributed by atoms with van der Waals surface area (Å²) in [6.45, 7) is 6.22. The number of carbonyl (C=O) groups is 4. The number of likely N-dealkylation sites (N-methyl/N-ethyl adjacent to an activating group) is 1. The predicted octanol–water partition coefficient (Wildman–Crippen LogP) is -2.82. The van der Waals surface area contributed by atoms with Crippen molar-refractivity contribution < 1.29 is 79.3 Å². The predicted molar refractivity (Wildman–Crippen MR) is 163 cm³/mol. The molecule has 6 rings (SSSR count). The Hall–Kier alpha value is -3.62. The number of rotatable bonds is 10. The first-order valence-corrected chi connectivity index (χ1v) is 15.9. The van der Waals surface area contributed by atoms with Gasteiger partial charge in [-0.2, -0.15) is 0 Å². The van der Waals surface area contributed by atoms with E-state index in [-0.39, 0.29) is 17.6 Å². The zero-order valence-electron chi connectivity index (χ0n) is 26.8. The molecule has 0 aromatic heterocycles. The quantitative estimate of drug-likeness (QED) is 0.119. The first kappa shape index (κ1) is 38.2. The fourth-order valence-corrected chi connectivity index (χ4v) is 7.46. The van der Waals surface area contributed by atoms with Crippen LogP contribution in [0.25, 0.3) is 0 Å². The summed E-state index contributed by atoms with van der Waals surface area (Å²) in [5.74, 6) is -4.70. The fraction of sp³-hybridized carbons (Fsp3) is 0.677. The van der Waals surface area contributed by atoms with Crippen molar-refractivity contribution in [3.8, 4) is 11.5 Å². The van der Waals surface area contributed by atoms with E-state index in [4.69, 9.17) is 55.1 Å². The Labute approximate surface area is 280 Å². The maximum atomic E-state index is 10.9. The highest BCUT2D eigenvalue weighted by Gasteiger charge is 2.65. The zero-order valence-corrected chi connectivity index (χ0v) is 26.8. The number of aliphatic hydroxyl groups excluding tert-OH is 5. The number of morpholine rings is 1. The molecule has 2 saturated heterocycles. The maximum absolute atomic E-state index is 10.9. The molecule has 18 nitrogen and oxygen atoms in total. The van der Waals surface area contributed by atoms with Crippen molar-refractivity contribution in [2.24, 2.45) is 5.92 Å². The van der Waals surface area contributed by atoms with Crippen LogP contribution >= 0.6 is 0 Å². The molecule has 9 N–H and O–H groups in total. The van der Waals surface area contributed by atoms with Gasteiger partial charge in [0.1, 0.15) is 12.7 Å². The maximum Gasteiger partial charge on any atom is 0.335 e. The average molecular weight is 701 g/mol. The second-order valence-corrected chi connectivity index (χ2v) is 12.7. The molecule has 3 heterocycles. The average Bonchev–Trinajstić information content (AvgIpc) is 3.43. The van der Waals surface area contributed by atoms with E-state index in [0.29, 0.717) is 18.6 Å². The molecule has 2 aliphatic carbocycles. The molecule has 0 amide bonds. The van der Waals surface area contributed by atoms with Gasteiger partial charge in [0, 0.05) is 36.7 Å². The molecule has 5 aliphatic rings. The molecule has 1 spiro atoms. The van der Waals surface area contributed by atoms with Crippen LogP contribution in [0.2, 0.25) is 0 Å². The van der Waals surface area contributed by atoms with E-state index >= 15 is 0 Å². The standard InChI is InChI=1S/C23H32N2O4.2C4H6O6/c1-24-7-6-23-16-3-4-18(26)22(23)29-21-19(5-2-15(20(21)23)14-17(16)24)28-13-10-25-8-11-27-12-9-25;2*5-1(3(7)8)2(6)4(9)10/h2,5,16-18,22,26H,3-4,6-14H2,1H3;2*1-2,5-6H,(H,7,8)(H,9,10)/t16-,17+,18-,22-,23-;;/m0../s1. The Bertz CT molecular complexity index is 1300. The van der Waals surface area contributed by atoms with Gasteiger partial charge < -0.3 is 65.1 Å². The third-order valence-corrected chi connectivity index (χ3v) is 9.93. The summed E-state index contributed by atoms with van der Waals surface area (Å²) in [6.07, 6.45) is -5.46. The Morgan fingerprint density at radius 3 is 1.96 bits per heavy atom. The number of carboxylic acid groups (broad SMARTS) is 4. The van der Waals surface area contributed by atoms with Crippen molar-refractivity contribution in [3.63, 3.8) is 0 Å². The number of carboxylic acids is 4. The highest BCUT2D eigenvalue weighted by Crippen LogP contribution is 2.63. The van der Waals surface area contributed by atoms with Crippen molar-refractivity contribution in [2.45, 2.75) is 73.8 Å². The molecule has 1 aromatic rings. The molecular weight excluding hydrogens is 656 g/mol. The number of hydrogen-bond acceptors (Lipinski definition) is 14. The lowest BCUT2D eigenvalue weighted by atomic mass is 9.51. The number of aliphatic hydroxyl groups is 5. The van der Waals surface area contributed by atoms with Crippen LogP contribution in [0.5, 0.6) is 11.5 Å². The fourth-order valence-electron chi connectivity index (χ4n) is 7.46. The third-order valence-electron chi connectivity index (χ3n) is 9.93. The zero-order chi connectivity index (χ0) is 36.2. The summed E-state index contributed by atoms with van der Waals surface area (Å²) in [7, 11) is 2.27. The smallest absolute Gasteiger partial charge is 0.335 e. The van der Waals surface area contributed by atoms with Crippen LogP contribution in [-0.4, -0.2) is 175 Å². The van der Waals surface area contributed by atoms with Gasteiger partial charge in [0.15, 0.2) is 35.9 Å². The minimum Gasteiger partial charge on any atom is -0.488 e. The Kier molecular flexibility index (Phi) is 12.4. The van der Waals surface area contributed by atoms with Gasteiger partial charge in [-0.1, -0.05) is 6.07 Å². The van der Waals surface area contributed by atoms with E-state index in [1.165, 1.54) is 11.1 Å². The van der Waals surface area contributed by atoms with Crippen molar-refractivity contribution in [1.29, 1.82) is 0 Å². The molecule has 9 atom stereocenters. The van der Waals surface area contributed by atoms with E-state index in [1.807, 2.05) is 0 Å². The summed E-state index contributed by atoms with van der Waals surface area (Å²) in [5, 5.41) is 75.9. The molecule has 1 aromatic carbocycles. The van der Waals surface area contributed by atoms with Gasteiger partial charge in [-0.15, -0.1) is 0 Å². The second kappa shape index (κ2) is 15.9. The minimum absolute atomic E-state index is 0.0264. The van der Waals surface area contributed by atoms with E-state index in [9.17, 15) is 24.3 Å². The van der Waals surface area contributed by atoms with Gasteiger partial charge >= 0.3 is 23.9 Å². The van der Waals surface area contributed by atoms with Crippen LogP contribution < -0.4 is 9.47 Å². The lowest BCUT2D eigenvalue weighted by Crippen LogP contribution is -2.66. The summed E-state index contributed by atoms with van der Waals surface area (Å²) in [6, 6.07) is 4.93. The molecule has 18 heteroatoms. The molecule has 3 aliphatic heterocycles. The van der Waals surface area contributed by atoms with E-state index < -0.39 is 48.3 Å². The Morgan fingerprint density at radius 1 is 0.878 bits per heavy atom. The highest BCUT2D eigenvalue weighted by atomic mass is 16.5. The van der Waals surface area contributed by atoms with Gasteiger partial charge in [-0.05, 0) is 56.8 Å². The Morgan fingerprint density at radius 2 is 1.43 bits per heavy atom. The van der Waals surface area contributed by atoms with Gasteiger partial charge in [-0.3, -0.25) is 4.90 Å². The summed E-state index contributed by atoms with van der Waals surface area (Å²) >= 11 is 0. The summed E-state index contributed by atoms with van der Waals surface area (Å²) in [4.78, 5) is 44.0. The normalized spacial score (nSPS) is 29.2. The summed E-state index contributed by atoms with van der Waals surface area (Å²) in [5.41, 5.74) is 2.76. The SMILES string of the molecule is CN1CC[C@]23c4c5ccc(OCCN6CCOCC6)c4O[C@H]2[C@@H](O)CC[C@H]3[C@H]1C5.O=C(O)C(O)C(O)C(=O)O.O=C(O)C(O)C(O)C(=O)O. The number of benzene rings is 1. The number of ether oxygens (including phenoxy) is 3. The van der Waals surface area contributed by atoms with Crippen LogP contribution in [0.4, 0.5) is 0 Å². The van der Waals surface area contributed by atoms with Crippen molar-refractivity contribution in [3.05, 3.63) is 23.3 Å².